The summed E-state index contributed by atoms with van der Waals surface area (Å²) in [6, 6.07) is 2.46. The van der Waals surface area contributed by atoms with Crippen molar-refractivity contribution >= 4 is 23.4 Å². The van der Waals surface area contributed by atoms with Crippen LogP contribution in [0.5, 0.6) is 0 Å². The average molecular weight is 334 g/mol. The predicted octanol–water partition coefficient (Wildman–Crippen LogP) is 2.35. The molecule has 0 N–H and O–H groups in total. The Hall–Kier alpha value is -1.62. The minimum absolute atomic E-state index is 0.0225. The van der Waals surface area contributed by atoms with E-state index in [2.05, 4.69) is 9.88 Å². The van der Waals surface area contributed by atoms with Gasteiger partial charge in [0.05, 0.1) is 10.6 Å². The Morgan fingerprint density at radius 3 is 2.83 bits per heavy atom. The highest BCUT2D eigenvalue weighted by molar-refractivity contribution is 6.33. The van der Waals surface area contributed by atoms with E-state index in [1.54, 1.807) is 12.3 Å². The van der Waals surface area contributed by atoms with Gasteiger partial charge in [-0.15, -0.1) is 0 Å². The summed E-state index contributed by atoms with van der Waals surface area (Å²) >= 11 is 6.10. The van der Waals surface area contributed by atoms with Crippen LogP contribution in [-0.4, -0.2) is 51.8 Å². The number of fused-ring (bicyclic) bond motifs is 1. The van der Waals surface area contributed by atoms with Crippen LogP contribution < -0.4 is 0 Å². The number of likely N-dealkylation sites (tertiary alicyclic amines) is 2. The number of halogens is 1. The van der Waals surface area contributed by atoms with Gasteiger partial charge in [0.2, 0.25) is 5.91 Å². The van der Waals surface area contributed by atoms with E-state index < -0.39 is 0 Å². The topological polar surface area (TPSA) is 53.5 Å². The Morgan fingerprint density at radius 1 is 1.26 bits per heavy atom. The molecule has 2 amide bonds. The fraction of sp³-hybridized carbons (Fsp3) is 0.588. The van der Waals surface area contributed by atoms with Gasteiger partial charge in [-0.05, 0) is 37.7 Å². The maximum atomic E-state index is 12.7. The van der Waals surface area contributed by atoms with Crippen molar-refractivity contribution in [2.75, 3.05) is 13.1 Å². The first-order valence-corrected chi connectivity index (χ1v) is 8.73. The summed E-state index contributed by atoms with van der Waals surface area (Å²) in [6.45, 7) is 1.41. The Labute approximate surface area is 140 Å². The molecule has 1 aliphatic carbocycles. The van der Waals surface area contributed by atoms with Crippen molar-refractivity contribution in [1.29, 1.82) is 0 Å². The molecule has 3 fully saturated rings. The van der Waals surface area contributed by atoms with Gasteiger partial charge >= 0.3 is 0 Å². The van der Waals surface area contributed by atoms with Crippen molar-refractivity contribution in [3.05, 3.63) is 29.0 Å². The van der Waals surface area contributed by atoms with E-state index in [0.717, 1.165) is 32.2 Å². The molecule has 2 atom stereocenters. The molecule has 2 saturated heterocycles. The first-order valence-electron chi connectivity index (χ1n) is 8.35. The van der Waals surface area contributed by atoms with E-state index in [-0.39, 0.29) is 5.91 Å². The molecule has 1 saturated carbocycles. The Morgan fingerprint density at radius 2 is 2.09 bits per heavy atom. The highest BCUT2D eigenvalue weighted by Crippen LogP contribution is 2.39. The van der Waals surface area contributed by atoms with Gasteiger partial charge in [0.1, 0.15) is 0 Å². The standard InChI is InChI=1S/C17H20ClN3O2/c18-14-9-19-7-5-13(14)17(23)20-8-6-15-11(10-20)1-4-16(22)21(15)12-2-3-12/h5,7,9,11-12,15H,1-4,6,8,10H2/t11-,15-/m0/s1. The molecule has 5 nitrogen and oxygen atoms in total. The van der Waals surface area contributed by atoms with Crippen molar-refractivity contribution in [3.8, 4) is 0 Å². The molecule has 0 radical (unpaired) electrons. The first kappa shape index (κ1) is 14.9. The zero-order valence-corrected chi connectivity index (χ0v) is 13.7. The largest absolute Gasteiger partial charge is 0.338 e. The smallest absolute Gasteiger partial charge is 0.255 e. The molecule has 1 aromatic heterocycles. The van der Waals surface area contributed by atoms with E-state index in [1.165, 1.54) is 6.20 Å². The van der Waals surface area contributed by atoms with E-state index in [9.17, 15) is 9.59 Å². The Kier molecular flexibility index (Phi) is 3.76. The second kappa shape index (κ2) is 5.78. The number of hydrogen-bond acceptors (Lipinski definition) is 3. The number of pyridine rings is 1. The molecule has 1 aromatic rings. The number of nitrogens with zero attached hydrogens (tertiary/aromatic N) is 3. The lowest BCUT2D eigenvalue weighted by atomic mass is 9.83. The van der Waals surface area contributed by atoms with Gasteiger partial charge in [-0.25, -0.2) is 0 Å². The third-order valence-corrected chi connectivity index (χ3v) is 5.60. The van der Waals surface area contributed by atoms with Crippen LogP contribution in [0, 0.1) is 5.92 Å². The van der Waals surface area contributed by atoms with Gasteiger partial charge in [0.15, 0.2) is 0 Å². The zero-order valence-electron chi connectivity index (χ0n) is 12.9. The van der Waals surface area contributed by atoms with Crippen LogP contribution in [0.1, 0.15) is 42.5 Å². The van der Waals surface area contributed by atoms with Crippen molar-refractivity contribution in [1.82, 2.24) is 14.8 Å². The van der Waals surface area contributed by atoms with E-state index in [1.807, 2.05) is 4.90 Å². The van der Waals surface area contributed by atoms with Crippen LogP contribution in [-0.2, 0) is 4.79 Å². The number of carbonyl (C=O) groups excluding carboxylic acids is 2. The predicted molar refractivity (Wildman–Crippen MR) is 86.1 cm³/mol. The third kappa shape index (κ3) is 2.71. The maximum Gasteiger partial charge on any atom is 0.255 e. The fourth-order valence-electron chi connectivity index (χ4n) is 4.02. The molecular weight excluding hydrogens is 314 g/mol. The van der Waals surface area contributed by atoms with Crippen LogP contribution in [0.25, 0.3) is 0 Å². The highest BCUT2D eigenvalue weighted by Gasteiger charge is 2.45. The van der Waals surface area contributed by atoms with Crippen LogP contribution in [0.3, 0.4) is 0 Å². The molecule has 0 spiro atoms. The summed E-state index contributed by atoms with van der Waals surface area (Å²) in [5.41, 5.74) is 0.519. The molecule has 122 valence electrons. The van der Waals surface area contributed by atoms with Crippen LogP contribution in [0.15, 0.2) is 18.5 Å². The van der Waals surface area contributed by atoms with Crippen molar-refractivity contribution in [3.63, 3.8) is 0 Å². The Bertz CT molecular complexity index is 646. The Balaban J connectivity index is 1.50. The third-order valence-electron chi connectivity index (χ3n) is 5.30. The van der Waals surface area contributed by atoms with E-state index in [0.29, 0.717) is 47.5 Å². The molecule has 0 bridgehead atoms. The molecule has 3 heterocycles. The van der Waals surface area contributed by atoms with Crippen molar-refractivity contribution in [2.24, 2.45) is 5.92 Å². The fourth-order valence-corrected chi connectivity index (χ4v) is 4.22. The lowest BCUT2D eigenvalue weighted by Crippen LogP contribution is -2.57. The summed E-state index contributed by atoms with van der Waals surface area (Å²) in [6.07, 6.45) is 7.78. The lowest BCUT2D eigenvalue weighted by molar-refractivity contribution is -0.141. The average Bonchev–Trinajstić information content (AvgIpc) is 3.39. The summed E-state index contributed by atoms with van der Waals surface area (Å²) in [5.74, 6) is 0.683. The summed E-state index contributed by atoms with van der Waals surface area (Å²) in [4.78, 5) is 32.9. The molecule has 0 aromatic carbocycles. The number of aromatic nitrogens is 1. The van der Waals surface area contributed by atoms with Crippen LogP contribution >= 0.6 is 11.6 Å². The second-order valence-corrected chi connectivity index (χ2v) is 7.20. The van der Waals surface area contributed by atoms with Gasteiger partial charge in [0, 0.05) is 44.0 Å². The summed E-state index contributed by atoms with van der Waals surface area (Å²) < 4.78 is 0. The molecule has 0 unspecified atom stereocenters. The van der Waals surface area contributed by atoms with Crippen molar-refractivity contribution in [2.45, 2.75) is 44.2 Å². The molecule has 3 aliphatic rings. The van der Waals surface area contributed by atoms with Gasteiger partial charge in [-0.2, -0.15) is 0 Å². The number of hydrogen-bond donors (Lipinski definition) is 0. The first-order chi connectivity index (χ1) is 11.1. The van der Waals surface area contributed by atoms with Gasteiger partial charge in [0.25, 0.3) is 5.91 Å². The molecular formula is C17H20ClN3O2. The van der Waals surface area contributed by atoms with Gasteiger partial charge in [-0.3, -0.25) is 14.6 Å². The van der Waals surface area contributed by atoms with E-state index in [4.69, 9.17) is 11.6 Å². The van der Waals surface area contributed by atoms with Gasteiger partial charge in [-0.1, -0.05) is 11.6 Å². The normalized spacial score (nSPS) is 27.8. The quantitative estimate of drug-likeness (QED) is 0.834. The zero-order chi connectivity index (χ0) is 16.0. The van der Waals surface area contributed by atoms with E-state index >= 15 is 0 Å². The number of piperidine rings is 2. The highest BCUT2D eigenvalue weighted by atomic mass is 35.5. The minimum Gasteiger partial charge on any atom is -0.338 e. The number of carbonyl (C=O) groups is 2. The maximum absolute atomic E-state index is 12.7. The van der Waals surface area contributed by atoms with Crippen molar-refractivity contribution < 1.29 is 9.59 Å². The molecule has 4 rings (SSSR count). The van der Waals surface area contributed by atoms with Crippen LogP contribution in [0.2, 0.25) is 5.02 Å². The summed E-state index contributed by atoms with van der Waals surface area (Å²) in [7, 11) is 0. The summed E-state index contributed by atoms with van der Waals surface area (Å²) in [5, 5.41) is 0.401. The second-order valence-electron chi connectivity index (χ2n) is 6.79. The van der Waals surface area contributed by atoms with Gasteiger partial charge < -0.3 is 9.80 Å². The SMILES string of the molecule is O=C(c1ccncc1Cl)N1CC[C@H]2[C@@H](CCC(=O)N2C2CC2)C1. The number of rotatable bonds is 2. The van der Waals surface area contributed by atoms with Crippen LogP contribution in [0.4, 0.5) is 0 Å². The monoisotopic (exact) mass is 333 g/mol. The number of amides is 2. The molecule has 2 aliphatic heterocycles. The molecule has 6 heteroatoms. The molecule has 23 heavy (non-hydrogen) atoms. The lowest BCUT2D eigenvalue weighted by Gasteiger charge is -2.47. The minimum atomic E-state index is -0.0225.